The molecule has 0 atom stereocenters. The topological polar surface area (TPSA) is 75.4 Å². The van der Waals surface area contributed by atoms with Gasteiger partial charge in [0.1, 0.15) is 0 Å². The van der Waals surface area contributed by atoms with Crippen LogP contribution in [0.15, 0.2) is 0 Å². The van der Waals surface area contributed by atoms with Crippen molar-refractivity contribution in [3.63, 3.8) is 0 Å². The van der Waals surface area contributed by atoms with Crippen molar-refractivity contribution >= 4 is 11.8 Å². The van der Waals surface area contributed by atoms with Crippen LogP contribution in [0.5, 0.6) is 0 Å². The summed E-state index contributed by atoms with van der Waals surface area (Å²) in [6.07, 6.45) is 6.91. The van der Waals surface area contributed by atoms with E-state index in [1.807, 2.05) is 4.90 Å². The van der Waals surface area contributed by atoms with E-state index in [2.05, 4.69) is 5.32 Å². The lowest BCUT2D eigenvalue weighted by atomic mass is 9.80. The van der Waals surface area contributed by atoms with Gasteiger partial charge in [-0.2, -0.15) is 0 Å². The van der Waals surface area contributed by atoms with Crippen molar-refractivity contribution < 1.29 is 9.59 Å². The highest BCUT2D eigenvalue weighted by Crippen LogP contribution is 2.31. The average Bonchev–Trinajstić information content (AvgIpc) is 2.55. The van der Waals surface area contributed by atoms with E-state index in [0.29, 0.717) is 18.3 Å². The second kappa shape index (κ2) is 7.78. The summed E-state index contributed by atoms with van der Waals surface area (Å²) >= 11 is 0. The minimum atomic E-state index is 0.0824. The Hall–Kier alpha value is -1.10. The van der Waals surface area contributed by atoms with E-state index >= 15 is 0 Å². The van der Waals surface area contributed by atoms with Gasteiger partial charge in [-0.3, -0.25) is 9.59 Å². The Morgan fingerprint density at radius 1 is 1.05 bits per heavy atom. The van der Waals surface area contributed by atoms with Crippen LogP contribution in [0, 0.1) is 17.8 Å². The van der Waals surface area contributed by atoms with Crippen LogP contribution < -0.4 is 11.1 Å². The van der Waals surface area contributed by atoms with Crippen molar-refractivity contribution in [3.05, 3.63) is 0 Å². The van der Waals surface area contributed by atoms with E-state index in [9.17, 15) is 9.59 Å². The number of hydrogen-bond donors (Lipinski definition) is 2. The number of carbonyl (C=O) groups excluding carboxylic acids is 2. The SMILES string of the molecule is CNC(=O)C1CCN(C(=O)CC2CCC(CN)CC2)CC1. The maximum Gasteiger partial charge on any atom is 0.222 e. The maximum atomic E-state index is 12.4. The maximum absolute atomic E-state index is 12.4. The molecule has 120 valence electrons. The lowest BCUT2D eigenvalue weighted by molar-refractivity contribution is -0.136. The third-order valence-electron chi connectivity index (χ3n) is 5.23. The lowest BCUT2D eigenvalue weighted by Crippen LogP contribution is -2.43. The highest BCUT2D eigenvalue weighted by atomic mass is 16.2. The van der Waals surface area contributed by atoms with Crippen LogP contribution in [0.1, 0.15) is 44.9 Å². The fourth-order valence-electron chi connectivity index (χ4n) is 3.64. The van der Waals surface area contributed by atoms with Crippen LogP contribution in [0.4, 0.5) is 0 Å². The van der Waals surface area contributed by atoms with Crippen LogP contribution >= 0.6 is 0 Å². The van der Waals surface area contributed by atoms with Gasteiger partial charge in [-0.05, 0) is 56.9 Å². The molecule has 0 radical (unpaired) electrons. The molecule has 0 spiro atoms. The molecule has 21 heavy (non-hydrogen) atoms. The zero-order valence-electron chi connectivity index (χ0n) is 13.1. The molecular formula is C16H29N3O2. The number of nitrogens with one attached hydrogen (secondary N) is 1. The van der Waals surface area contributed by atoms with Gasteiger partial charge in [0.25, 0.3) is 0 Å². The molecule has 0 aromatic carbocycles. The Morgan fingerprint density at radius 3 is 2.14 bits per heavy atom. The van der Waals surface area contributed by atoms with Gasteiger partial charge < -0.3 is 16.0 Å². The van der Waals surface area contributed by atoms with E-state index in [1.54, 1.807) is 7.05 Å². The van der Waals surface area contributed by atoms with E-state index in [-0.39, 0.29) is 17.7 Å². The quantitative estimate of drug-likeness (QED) is 0.816. The van der Waals surface area contributed by atoms with Crippen molar-refractivity contribution in [2.45, 2.75) is 44.9 Å². The summed E-state index contributed by atoms with van der Waals surface area (Å²) in [5, 5.41) is 2.70. The normalized spacial score (nSPS) is 27.4. The molecule has 0 bridgehead atoms. The molecule has 1 aliphatic heterocycles. The fourth-order valence-corrected chi connectivity index (χ4v) is 3.64. The first-order valence-corrected chi connectivity index (χ1v) is 8.33. The van der Waals surface area contributed by atoms with Gasteiger partial charge in [-0.25, -0.2) is 0 Å². The molecule has 0 aromatic heterocycles. The van der Waals surface area contributed by atoms with Crippen molar-refractivity contribution in [2.24, 2.45) is 23.5 Å². The number of nitrogens with zero attached hydrogens (tertiary/aromatic N) is 1. The minimum Gasteiger partial charge on any atom is -0.359 e. The van der Waals surface area contributed by atoms with Crippen LogP contribution in [0.3, 0.4) is 0 Å². The van der Waals surface area contributed by atoms with Crippen LogP contribution in [-0.4, -0.2) is 43.4 Å². The number of carbonyl (C=O) groups is 2. The second-order valence-electron chi connectivity index (χ2n) is 6.60. The van der Waals surface area contributed by atoms with Gasteiger partial charge in [0, 0.05) is 32.5 Å². The molecule has 1 heterocycles. The standard InChI is InChI=1S/C16H29N3O2/c1-18-16(21)14-6-8-19(9-7-14)15(20)10-12-2-4-13(11-17)5-3-12/h12-14H,2-11,17H2,1H3,(H,18,21). The molecule has 2 amide bonds. The van der Waals surface area contributed by atoms with Gasteiger partial charge in [-0.1, -0.05) is 0 Å². The number of hydrogen-bond acceptors (Lipinski definition) is 3. The summed E-state index contributed by atoms with van der Waals surface area (Å²) in [6.45, 7) is 2.25. The predicted octanol–water partition coefficient (Wildman–Crippen LogP) is 1.13. The number of piperidine rings is 1. The van der Waals surface area contributed by atoms with Crippen molar-refractivity contribution in [2.75, 3.05) is 26.7 Å². The van der Waals surface area contributed by atoms with Crippen LogP contribution in [-0.2, 0) is 9.59 Å². The van der Waals surface area contributed by atoms with E-state index < -0.39 is 0 Å². The second-order valence-corrected chi connectivity index (χ2v) is 6.60. The lowest BCUT2D eigenvalue weighted by Gasteiger charge is -2.33. The third-order valence-corrected chi connectivity index (χ3v) is 5.23. The molecule has 2 aliphatic rings. The van der Waals surface area contributed by atoms with Gasteiger partial charge in [0.05, 0.1) is 0 Å². The Kier molecular flexibility index (Phi) is 6.03. The summed E-state index contributed by atoms with van der Waals surface area (Å²) in [4.78, 5) is 25.9. The molecule has 5 nitrogen and oxygen atoms in total. The van der Waals surface area contributed by atoms with Crippen molar-refractivity contribution in [3.8, 4) is 0 Å². The number of nitrogens with two attached hydrogens (primary N) is 1. The molecule has 1 saturated heterocycles. The van der Waals surface area contributed by atoms with Gasteiger partial charge >= 0.3 is 0 Å². The number of likely N-dealkylation sites (tertiary alicyclic amines) is 1. The number of amides is 2. The molecule has 1 aliphatic carbocycles. The van der Waals surface area contributed by atoms with E-state index in [0.717, 1.165) is 45.3 Å². The summed E-state index contributed by atoms with van der Waals surface area (Å²) in [6, 6.07) is 0. The Labute approximate surface area is 127 Å². The first-order chi connectivity index (χ1) is 10.1. The third kappa shape index (κ3) is 4.43. The summed E-state index contributed by atoms with van der Waals surface area (Å²) < 4.78 is 0. The fraction of sp³-hybridized carbons (Fsp3) is 0.875. The molecule has 2 rings (SSSR count). The van der Waals surface area contributed by atoms with Crippen LogP contribution in [0.2, 0.25) is 0 Å². The zero-order valence-corrected chi connectivity index (χ0v) is 13.1. The molecule has 2 fully saturated rings. The van der Waals surface area contributed by atoms with Crippen LogP contribution in [0.25, 0.3) is 0 Å². The Morgan fingerprint density at radius 2 is 1.62 bits per heavy atom. The smallest absolute Gasteiger partial charge is 0.222 e. The largest absolute Gasteiger partial charge is 0.359 e. The highest BCUT2D eigenvalue weighted by Gasteiger charge is 2.29. The zero-order chi connectivity index (χ0) is 15.2. The first kappa shape index (κ1) is 16.3. The van der Waals surface area contributed by atoms with Crippen molar-refractivity contribution in [1.82, 2.24) is 10.2 Å². The summed E-state index contributed by atoms with van der Waals surface area (Å²) in [5.74, 6) is 1.68. The van der Waals surface area contributed by atoms with Gasteiger partial charge in [-0.15, -0.1) is 0 Å². The monoisotopic (exact) mass is 295 g/mol. The minimum absolute atomic E-state index is 0.0824. The number of rotatable bonds is 4. The first-order valence-electron chi connectivity index (χ1n) is 8.33. The van der Waals surface area contributed by atoms with Gasteiger partial charge in [0.15, 0.2) is 0 Å². The molecule has 3 N–H and O–H groups in total. The average molecular weight is 295 g/mol. The molecule has 1 saturated carbocycles. The molecule has 5 heteroatoms. The Bertz CT molecular complexity index is 357. The molecule has 0 aromatic rings. The summed E-state index contributed by atoms with van der Waals surface area (Å²) in [5.41, 5.74) is 5.71. The van der Waals surface area contributed by atoms with E-state index in [4.69, 9.17) is 5.73 Å². The van der Waals surface area contributed by atoms with E-state index in [1.165, 1.54) is 12.8 Å². The van der Waals surface area contributed by atoms with Crippen molar-refractivity contribution in [1.29, 1.82) is 0 Å². The highest BCUT2D eigenvalue weighted by molar-refractivity contribution is 5.79. The molecular weight excluding hydrogens is 266 g/mol. The molecule has 0 unspecified atom stereocenters. The summed E-state index contributed by atoms with van der Waals surface area (Å²) in [7, 11) is 1.68. The predicted molar refractivity (Wildman–Crippen MR) is 82.5 cm³/mol. The van der Waals surface area contributed by atoms with Gasteiger partial charge in [0.2, 0.25) is 11.8 Å². The Balaban J connectivity index is 1.71.